The Morgan fingerprint density at radius 2 is 2.42 bits per heavy atom. The van der Waals surface area contributed by atoms with Gasteiger partial charge in [-0.1, -0.05) is 0 Å². The summed E-state index contributed by atoms with van der Waals surface area (Å²) in [6, 6.07) is 5.08. The summed E-state index contributed by atoms with van der Waals surface area (Å²) < 4.78 is 10.9. The zero-order valence-electron chi connectivity index (χ0n) is 11.1. The van der Waals surface area contributed by atoms with Crippen molar-refractivity contribution in [3.05, 3.63) is 23.8 Å². The number of anilines is 1. The fraction of sp³-hybridized carbons (Fsp3) is 0.500. The van der Waals surface area contributed by atoms with Gasteiger partial charge in [-0.2, -0.15) is 0 Å². The average Bonchev–Trinajstić information content (AvgIpc) is 2.91. The van der Waals surface area contributed by atoms with E-state index in [1.807, 2.05) is 6.92 Å². The van der Waals surface area contributed by atoms with E-state index in [4.69, 9.17) is 15.2 Å². The summed E-state index contributed by atoms with van der Waals surface area (Å²) in [7, 11) is 0. The maximum Gasteiger partial charge on any atom is 0.255 e. The molecule has 5 heteroatoms. The number of carbonyl (C=O) groups excluding carboxylic acids is 1. The van der Waals surface area contributed by atoms with Gasteiger partial charge in [0.25, 0.3) is 5.91 Å². The van der Waals surface area contributed by atoms with Crippen LogP contribution >= 0.6 is 0 Å². The molecule has 0 aliphatic carbocycles. The van der Waals surface area contributed by atoms with Crippen molar-refractivity contribution in [2.24, 2.45) is 0 Å². The number of nitrogen functional groups attached to an aromatic ring is 1. The number of ether oxygens (including phenoxy) is 2. The van der Waals surface area contributed by atoms with E-state index >= 15 is 0 Å². The maximum atomic E-state index is 12.1. The van der Waals surface area contributed by atoms with Crippen molar-refractivity contribution in [3.8, 4) is 5.75 Å². The molecule has 1 aliphatic heterocycles. The van der Waals surface area contributed by atoms with Gasteiger partial charge in [0.1, 0.15) is 5.75 Å². The first-order valence-electron chi connectivity index (χ1n) is 6.63. The highest BCUT2D eigenvalue weighted by Crippen LogP contribution is 2.21. The second-order valence-electron chi connectivity index (χ2n) is 4.53. The van der Waals surface area contributed by atoms with Crippen LogP contribution in [0.5, 0.6) is 5.75 Å². The van der Waals surface area contributed by atoms with Crippen LogP contribution in [-0.2, 0) is 4.74 Å². The Labute approximate surface area is 113 Å². The molecule has 0 radical (unpaired) electrons. The quantitative estimate of drug-likeness (QED) is 0.792. The first kappa shape index (κ1) is 13.7. The second-order valence-corrected chi connectivity index (χ2v) is 4.53. The average molecular weight is 264 g/mol. The zero-order valence-corrected chi connectivity index (χ0v) is 11.1. The van der Waals surface area contributed by atoms with Gasteiger partial charge in [-0.25, -0.2) is 0 Å². The Kier molecular flexibility index (Phi) is 4.63. The zero-order chi connectivity index (χ0) is 13.7. The van der Waals surface area contributed by atoms with E-state index in [2.05, 4.69) is 5.32 Å². The summed E-state index contributed by atoms with van der Waals surface area (Å²) in [6.45, 7) is 3.70. The van der Waals surface area contributed by atoms with Crippen LogP contribution in [0.15, 0.2) is 18.2 Å². The molecule has 0 spiro atoms. The van der Waals surface area contributed by atoms with Crippen LogP contribution in [0, 0.1) is 0 Å². The highest BCUT2D eigenvalue weighted by Gasteiger charge is 2.18. The molecule has 2 rings (SSSR count). The number of nitrogens with two attached hydrogens (primary N) is 1. The van der Waals surface area contributed by atoms with Gasteiger partial charge >= 0.3 is 0 Å². The molecular formula is C14H20N2O3. The first-order valence-corrected chi connectivity index (χ1v) is 6.63. The molecule has 1 saturated heterocycles. The first-order chi connectivity index (χ1) is 9.20. The number of nitrogens with one attached hydrogen (secondary N) is 1. The van der Waals surface area contributed by atoms with Gasteiger partial charge in [0.15, 0.2) is 0 Å². The third kappa shape index (κ3) is 3.61. The monoisotopic (exact) mass is 264 g/mol. The van der Waals surface area contributed by atoms with Crippen LogP contribution < -0.4 is 15.8 Å². The van der Waals surface area contributed by atoms with E-state index in [-0.39, 0.29) is 12.0 Å². The predicted octanol–water partition coefficient (Wildman–Crippen LogP) is 1.58. The molecule has 19 heavy (non-hydrogen) atoms. The molecule has 1 aromatic carbocycles. The van der Waals surface area contributed by atoms with Gasteiger partial charge in [-0.05, 0) is 38.0 Å². The van der Waals surface area contributed by atoms with E-state index in [0.717, 1.165) is 19.4 Å². The van der Waals surface area contributed by atoms with Crippen molar-refractivity contribution >= 4 is 11.6 Å². The number of amides is 1. The van der Waals surface area contributed by atoms with Crippen molar-refractivity contribution in [1.29, 1.82) is 0 Å². The van der Waals surface area contributed by atoms with Crippen LogP contribution in [0.4, 0.5) is 5.69 Å². The van der Waals surface area contributed by atoms with E-state index in [1.54, 1.807) is 18.2 Å². The smallest absolute Gasteiger partial charge is 0.255 e. The Balaban J connectivity index is 2.02. The molecule has 0 saturated carbocycles. The predicted molar refractivity (Wildman–Crippen MR) is 73.3 cm³/mol. The van der Waals surface area contributed by atoms with Crippen LogP contribution in [-0.4, -0.2) is 31.8 Å². The van der Waals surface area contributed by atoms with E-state index in [1.165, 1.54) is 0 Å². The summed E-state index contributed by atoms with van der Waals surface area (Å²) in [5.74, 6) is 0.382. The highest BCUT2D eigenvalue weighted by atomic mass is 16.5. The fourth-order valence-corrected chi connectivity index (χ4v) is 2.11. The van der Waals surface area contributed by atoms with Crippen molar-refractivity contribution in [3.63, 3.8) is 0 Å². The number of hydrogen-bond acceptors (Lipinski definition) is 4. The van der Waals surface area contributed by atoms with E-state index < -0.39 is 0 Å². The molecule has 1 fully saturated rings. The molecule has 1 amide bonds. The van der Waals surface area contributed by atoms with Gasteiger partial charge in [0.2, 0.25) is 0 Å². The molecule has 1 heterocycles. The van der Waals surface area contributed by atoms with Gasteiger partial charge in [-0.15, -0.1) is 0 Å². The van der Waals surface area contributed by atoms with Crippen LogP contribution in [0.2, 0.25) is 0 Å². The summed E-state index contributed by atoms with van der Waals surface area (Å²) in [5, 5.41) is 2.87. The normalized spacial score (nSPS) is 18.3. The summed E-state index contributed by atoms with van der Waals surface area (Å²) in [5.41, 5.74) is 6.74. The Hall–Kier alpha value is -1.75. The molecule has 1 aliphatic rings. The molecule has 3 N–H and O–H groups in total. The molecule has 0 aromatic heterocycles. The molecule has 104 valence electrons. The Bertz CT molecular complexity index is 442. The molecular weight excluding hydrogens is 244 g/mol. The van der Waals surface area contributed by atoms with Gasteiger partial charge in [-0.3, -0.25) is 4.79 Å². The van der Waals surface area contributed by atoms with Crippen LogP contribution in [0.25, 0.3) is 0 Å². The minimum atomic E-state index is -0.175. The standard InChI is InChI=1S/C14H20N2O3/c1-2-18-13-6-5-10(15)8-12(13)14(17)16-9-11-4-3-7-19-11/h5-6,8,11H,2-4,7,9,15H2,1H3,(H,16,17)/t11-/m1/s1. The molecule has 1 aromatic rings. The van der Waals surface area contributed by atoms with Crippen LogP contribution in [0.1, 0.15) is 30.1 Å². The van der Waals surface area contributed by atoms with Crippen LogP contribution in [0.3, 0.4) is 0 Å². The lowest BCUT2D eigenvalue weighted by Gasteiger charge is -2.13. The third-order valence-corrected chi connectivity index (χ3v) is 3.06. The lowest BCUT2D eigenvalue weighted by atomic mass is 10.1. The number of carbonyl (C=O) groups is 1. The van der Waals surface area contributed by atoms with Crippen molar-refractivity contribution in [2.75, 3.05) is 25.5 Å². The fourth-order valence-electron chi connectivity index (χ4n) is 2.11. The van der Waals surface area contributed by atoms with E-state index in [0.29, 0.717) is 30.2 Å². The third-order valence-electron chi connectivity index (χ3n) is 3.06. The van der Waals surface area contributed by atoms with Gasteiger partial charge in [0.05, 0.1) is 18.3 Å². The van der Waals surface area contributed by atoms with E-state index in [9.17, 15) is 4.79 Å². The molecule has 0 bridgehead atoms. The lowest BCUT2D eigenvalue weighted by Crippen LogP contribution is -2.32. The number of benzene rings is 1. The number of rotatable bonds is 5. The summed E-state index contributed by atoms with van der Waals surface area (Å²) in [4.78, 5) is 12.1. The SMILES string of the molecule is CCOc1ccc(N)cc1C(=O)NC[C@H]1CCCO1. The topological polar surface area (TPSA) is 73.6 Å². The Morgan fingerprint density at radius 3 is 3.11 bits per heavy atom. The Morgan fingerprint density at radius 1 is 1.58 bits per heavy atom. The van der Waals surface area contributed by atoms with Crippen molar-refractivity contribution in [2.45, 2.75) is 25.9 Å². The van der Waals surface area contributed by atoms with Crippen molar-refractivity contribution in [1.82, 2.24) is 5.32 Å². The molecule has 0 unspecified atom stereocenters. The highest BCUT2D eigenvalue weighted by molar-refractivity contribution is 5.97. The summed E-state index contributed by atoms with van der Waals surface area (Å²) >= 11 is 0. The maximum absolute atomic E-state index is 12.1. The van der Waals surface area contributed by atoms with Crippen molar-refractivity contribution < 1.29 is 14.3 Å². The minimum absolute atomic E-state index is 0.126. The minimum Gasteiger partial charge on any atom is -0.493 e. The molecule has 1 atom stereocenters. The van der Waals surface area contributed by atoms with Gasteiger partial charge in [0, 0.05) is 18.8 Å². The largest absolute Gasteiger partial charge is 0.493 e. The second kappa shape index (κ2) is 6.43. The van der Waals surface area contributed by atoms with Gasteiger partial charge < -0.3 is 20.5 Å². The lowest BCUT2D eigenvalue weighted by molar-refractivity contribution is 0.0855. The summed E-state index contributed by atoms with van der Waals surface area (Å²) in [6.07, 6.45) is 2.18. The number of hydrogen-bond donors (Lipinski definition) is 2. The molecule has 5 nitrogen and oxygen atoms in total.